The van der Waals surface area contributed by atoms with Crippen LogP contribution in [0.2, 0.25) is 0 Å². The van der Waals surface area contributed by atoms with Gasteiger partial charge < -0.3 is 5.32 Å². The fraction of sp³-hybridized carbons (Fsp3) is 0.0625. The van der Waals surface area contributed by atoms with Crippen molar-refractivity contribution in [1.82, 2.24) is 9.97 Å². The summed E-state index contributed by atoms with van der Waals surface area (Å²) in [7, 11) is 0. The molecule has 0 spiro atoms. The zero-order valence-electron chi connectivity index (χ0n) is 11.9. The van der Waals surface area contributed by atoms with Crippen LogP contribution in [-0.2, 0) is 6.18 Å². The Morgan fingerprint density at radius 3 is 2.38 bits per heavy atom. The third-order valence-electron chi connectivity index (χ3n) is 3.32. The molecular formula is C16H8F4N4. The van der Waals surface area contributed by atoms with Crippen LogP contribution >= 0.6 is 0 Å². The maximum Gasteiger partial charge on any atom is 0.416 e. The summed E-state index contributed by atoms with van der Waals surface area (Å²) in [5.41, 5.74) is 0.272. The van der Waals surface area contributed by atoms with Crippen molar-refractivity contribution < 1.29 is 17.6 Å². The highest BCUT2D eigenvalue weighted by molar-refractivity contribution is 5.95. The normalized spacial score (nSPS) is 11.3. The van der Waals surface area contributed by atoms with Crippen molar-refractivity contribution in [3.05, 3.63) is 59.8 Å². The second-order valence-corrected chi connectivity index (χ2v) is 4.88. The minimum Gasteiger partial charge on any atom is -0.354 e. The minimum atomic E-state index is -4.44. The summed E-state index contributed by atoms with van der Waals surface area (Å²) < 4.78 is 51.2. The Morgan fingerprint density at radius 2 is 1.75 bits per heavy atom. The Morgan fingerprint density at radius 1 is 1.04 bits per heavy atom. The van der Waals surface area contributed by atoms with Crippen LogP contribution < -0.4 is 5.32 Å². The third-order valence-corrected chi connectivity index (χ3v) is 3.32. The molecule has 120 valence electrons. The average molecular weight is 332 g/mol. The third kappa shape index (κ3) is 2.96. The monoisotopic (exact) mass is 332 g/mol. The summed E-state index contributed by atoms with van der Waals surface area (Å²) in [5, 5.41) is 12.3. The molecule has 2 heterocycles. The predicted octanol–water partition coefficient (Wildman–Crippen LogP) is 4.40. The highest BCUT2D eigenvalue weighted by atomic mass is 19.4. The summed E-state index contributed by atoms with van der Waals surface area (Å²) >= 11 is 0. The second-order valence-electron chi connectivity index (χ2n) is 4.88. The second kappa shape index (κ2) is 5.77. The lowest BCUT2D eigenvalue weighted by molar-refractivity contribution is -0.137. The Kier molecular flexibility index (Phi) is 3.77. The lowest BCUT2D eigenvalue weighted by Gasteiger charge is -2.12. The number of fused-ring (bicyclic) bond motifs is 1. The van der Waals surface area contributed by atoms with Crippen LogP contribution in [0.3, 0.4) is 0 Å². The van der Waals surface area contributed by atoms with Gasteiger partial charge >= 0.3 is 6.18 Å². The Bertz CT molecular complexity index is 943. The van der Waals surface area contributed by atoms with E-state index in [9.17, 15) is 22.8 Å². The van der Waals surface area contributed by atoms with Gasteiger partial charge in [-0.2, -0.15) is 22.8 Å². The highest BCUT2D eigenvalue weighted by Crippen LogP contribution is 2.32. The van der Waals surface area contributed by atoms with Gasteiger partial charge in [0.05, 0.1) is 28.5 Å². The number of pyridine rings is 2. The average Bonchev–Trinajstić information content (AvgIpc) is 2.55. The fourth-order valence-corrected chi connectivity index (χ4v) is 2.18. The number of alkyl halides is 3. The first kappa shape index (κ1) is 15.7. The molecule has 8 heteroatoms. The van der Waals surface area contributed by atoms with Crippen LogP contribution in [0.15, 0.2) is 42.7 Å². The van der Waals surface area contributed by atoms with Gasteiger partial charge in [-0.3, -0.25) is 4.98 Å². The molecule has 24 heavy (non-hydrogen) atoms. The maximum atomic E-state index is 13.4. The van der Waals surface area contributed by atoms with Gasteiger partial charge in [0.2, 0.25) is 5.95 Å². The molecule has 1 N–H and O–H groups in total. The summed E-state index contributed by atoms with van der Waals surface area (Å²) in [6.07, 6.45) is -1.94. The van der Waals surface area contributed by atoms with E-state index in [-0.39, 0.29) is 11.3 Å². The Balaban J connectivity index is 2.06. The number of aromatic nitrogens is 2. The lowest BCUT2D eigenvalue weighted by Crippen LogP contribution is -2.04. The first-order valence-corrected chi connectivity index (χ1v) is 6.67. The molecule has 0 amide bonds. The van der Waals surface area contributed by atoms with Gasteiger partial charge in [0.25, 0.3) is 0 Å². The number of halogens is 4. The quantitative estimate of drug-likeness (QED) is 0.558. The van der Waals surface area contributed by atoms with Gasteiger partial charge in [-0.05, 0) is 24.3 Å². The molecule has 3 aromatic rings. The number of nitrogens with one attached hydrogen (secondary N) is 1. The van der Waals surface area contributed by atoms with Crippen molar-refractivity contribution in [2.45, 2.75) is 6.18 Å². The van der Waals surface area contributed by atoms with Gasteiger partial charge in [0.15, 0.2) is 0 Å². The number of rotatable bonds is 2. The van der Waals surface area contributed by atoms with Crippen LogP contribution in [0, 0.1) is 17.3 Å². The van der Waals surface area contributed by atoms with E-state index in [0.29, 0.717) is 16.6 Å². The van der Waals surface area contributed by atoms with E-state index in [1.807, 2.05) is 6.07 Å². The number of nitriles is 1. The smallest absolute Gasteiger partial charge is 0.354 e. The minimum absolute atomic E-state index is 0.132. The van der Waals surface area contributed by atoms with Crippen molar-refractivity contribution in [3.8, 4) is 6.07 Å². The zero-order chi connectivity index (χ0) is 17.3. The van der Waals surface area contributed by atoms with Crippen molar-refractivity contribution in [3.63, 3.8) is 0 Å². The van der Waals surface area contributed by atoms with E-state index < -0.39 is 17.7 Å². The van der Waals surface area contributed by atoms with Crippen LogP contribution in [0.4, 0.5) is 28.9 Å². The molecule has 0 saturated carbocycles. The summed E-state index contributed by atoms with van der Waals surface area (Å²) in [4.78, 5) is 7.49. The number of anilines is 2. The molecule has 2 aromatic heterocycles. The zero-order valence-corrected chi connectivity index (χ0v) is 11.9. The summed E-state index contributed by atoms with van der Waals surface area (Å²) in [6.45, 7) is 0. The largest absolute Gasteiger partial charge is 0.416 e. The summed E-state index contributed by atoms with van der Waals surface area (Å²) in [6, 6.07) is 7.31. The van der Waals surface area contributed by atoms with Crippen molar-refractivity contribution in [1.29, 1.82) is 5.26 Å². The van der Waals surface area contributed by atoms with Gasteiger partial charge in [-0.15, -0.1) is 0 Å². The van der Waals surface area contributed by atoms with E-state index in [1.165, 1.54) is 24.5 Å². The molecule has 0 saturated heterocycles. The molecule has 0 radical (unpaired) electrons. The molecule has 3 rings (SSSR count). The molecule has 0 unspecified atom stereocenters. The van der Waals surface area contributed by atoms with Gasteiger partial charge in [-0.1, -0.05) is 0 Å². The molecule has 1 aromatic carbocycles. The van der Waals surface area contributed by atoms with Crippen LogP contribution in [0.5, 0.6) is 0 Å². The van der Waals surface area contributed by atoms with E-state index in [2.05, 4.69) is 15.3 Å². The van der Waals surface area contributed by atoms with Crippen molar-refractivity contribution in [2.75, 3.05) is 5.32 Å². The first-order chi connectivity index (χ1) is 11.4. The number of hydrogen-bond acceptors (Lipinski definition) is 4. The molecule has 0 bridgehead atoms. The van der Waals surface area contributed by atoms with Crippen LogP contribution in [0.25, 0.3) is 10.9 Å². The number of hydrogen-bond donors (Lipinski definition) is 1. The molecule has 0 aliphatic heterocycles. The van der Waals surface area contributed by atoms with E-state index in [1.54, 1.807) is 0 Å². The summed E-state index contributed by atoms with van der Waals surface area (Å²) in [5.74, 6) is -0.755. The fourth-order valence-electron chi connectivity index (χ4n) is 2.18. The SMILES string of the molecule is N#Cc1cnc2cnc(F)cc2c1Nc1ccc(C(F)(F)F)cc1. The molecule has 4 nitrogen and oxygen atoms in total. The molecular weight excluding hydrogens is 324 g/mol. The van der Waals surface area contributed by atoms with E-state index >= 15 is 0 Å². The van der Waals surface area contributed by atoms with Crippen LogP contribution in [-0.4, -0.2) is 9.97 Å². The Hall–Kier alpha value is -3.21. The topological polar surface area (TPSA) is 61.6 Å². The van der Waals surface area contributed by atoms with Crippen LogP contribution in [0.1, 0.15) is 11.1 Å². The standard InChI is InChI=1S/C16H8F4N4/c17-14-5-12-13(8-23-14)22-7-9(6-21)15(12)24-11-3-1-10(2-4-11)16(18,19)20/h1-5,7-8H,(H,22,24). The first-order valence-electron chi connectivity index (χ1n) is 6.67. The predicted molar refractivity (Wildman–Crippen MR) is 78.9 cm³/mol. The van der Waals surface area contributed by atoms with Gasteiger partial charge in [-0.25, -0.2) is 4.98 Å². The highest BCUT2D eigenvalue weighted by Gasteiger charge is 2.29. The van der Waals surface area contributed by atoms with Crippen molar-refractivity contribution >= 4 is 22.3 Å². The Labute approximate surface area is 133 Å². The van der Waals surface area contributed by atoms with Crippen molar-refractivity contribution in [2.24, 2.45) is 0 Å². The van der Waals surface area contributed by atoms with Gasteiger partial charge in [0, 0.05) is 23.3 Å². The number of benzene rings is 1. The maximum absolute atomic E-state index is 13.4. The molecule has 0 aliphatic carbocycles. The van der Waals surface area contributed by atoms with E-state index in [0.717, 1.165) is 18.2 Å². The van der Waals surface area contributed by atoms with E-state index in [4.69, 9.17) is 0 Å². The molecule has 0 fully saturated rings. The lowest BCUT2D eigenvalue weighted by atomic mass is 10.1. The molecule has 0 atom stereocenters. The number of nitrogens with zero attached hydrogens (tertiary/aromatic N) is 3. The van der Waals surface area contributed by atoms with Gasteiger partial charge in [0.1, 0.15) is 6.07 Å². The molecule has 0 aliphatic rings.